The molecule has 26 heavy (non-hydrogen) atoms. The number of anilines is 1. The van der Waals surface area contributed by atoms with Crippen molar-refractivity contribution in [1.29, 1.82) is 0 Å². The quantitative estimate of drug-likeness (QED) is 0.508. The standard InChI is InChI=1S/C17H11BrFN3O4/c18-12-3-1-8(19)5-10(12)17-21-13-6-9(2-4-15(13)26-17)20-16(23)11-7-14(11)22(24)25/h1-6,11,14H,7H2,(H,20,23)/t11-,14-/m1/s1. The molecule has 0 spiro atoms. The lowest BCUT2D eigenvalue weighted by Gasteiger charge is -2.02. The molecule has 1 heterocycles. The number of nitrogens with zero attached hydrogens (tertiary/aromatic N) is 2. The number of carbonyl (C=O) groups is 1. The van der Waals surface area contributed by atoms with E-state index in [9.17, 15) is 19.3 Å². The van der Waals surface area contributed by atoms with Gasteiger partial charge in [0, 0.05) is 21.5 Å². The first-order chi connectivity index (χ1) is 12.4. The minimum absolute atomic E-state index is 0.241. The van der Waals surface area contributed by atoms with Gasteiger partial charge in [-0.3, -0.25) is 14.9 Å². The number of benzene rings is 2. The zero-order valence-electron chi connectivity index (χ0n) is 13.1. The van der Waals surface area contributed by atoms with Crippen LogP contribution in [-0.4, -0.2) is 21.9 Å². The molecule has 1 amide bonds. The maximum Gasteiger partial charge on any atom is 0.234 e. The van der Waals surface area contributed by atoms with Gasteiger partial charge in [0.15, 0.2) is 5.58 Å². The summed E-state index contributed by atoms with van der Waals surface area (Å²) >= 11 is 3.33. The molecule has 7 nitrogen and oxygen atoms in total. The minimum Gasteiger partial charge on any atom is -0.436 e. The molecule has 2 aromatic carbocycles. The summed E-state index contributed by atoms with van der Waals surface area (Å²) in [4.78, 5) is 26.6. The molecule has 2 atom stereocenters. The third kappa shape index (κ3) is 3.05. The zero-order valence-corrected chi connectivity index (χ0v) is 14.7. The normalized spacial score (nSPS) is 18.7. The SMILES string of the molecule is O=C(Nc1ccc2oc(-c3cc(F)ccc3Br)nc2c1)[C@@H]1C[C@H]1[N+](=O)[O-]. The van der Waals surface area contributed by atoms with E-state index in [0.717, 1.165) is 0 Å². The molecule has 1 aliphatic rings. The van der Waals surface area contributed by atoms with Crippen LogP contribution in [0.25, 0.3) is 22.6 Å². The smallest absolute Gasteiger partial charge is 0.234 e. The summed E-state index contributed by atoms with van der Waals surface area (Å²) in [6.07, 6.45) is 0.253. The maximum atomic E-state index is 13.5. The Bertz CT molecular complexity index is 1050. The Kier molecular flexibility index (Phi) is 3.95. The maximum absolute atomic E-state index is 13.5. The van der Waals surface area contributed by atoms with Gasteiger partial charge in [0.05, 0.1) is 5.56 Å². The van der Waals surface area contributed by atoms with Crippen molar-refractivity contribution in [1.82, 2.24) is 4.98 Å². The van der Waals surface area contributed by atoms with E-state index in [2.05, 4.69) is 26.2 Å². The molecule has 4 rings (SSSR count). The molecule has 0 radical (unpaired) electrons. The third-order valence-corrected chi connectivity index (χ3v) is 4.87. The number of hydrogen-bond acceptors (Lipinski definition) is 5. The Morgan fingerprint density at radius 1 is 1.35 bits per heavy atom. The number of hydrogen-bond donors (Lipinski definition) is 1. The second-order valence-corrected chi connectivity index (χ2v) is 6.86. The van der Waals surface area contributed by atoms with Gasteiger partial charge in [0.1, 0.15) is 17.3 Å². The third-order valence-electron chi connectivity index (χ3n) is 4.18. The highest BCUT2D eigenvalue weighted by molar-refractivity contribution is 9.10. The van der Waals surface area contributed by atoms with E-state index >= 15 is 0 Å². The molecular formula is C17H11BrFN3O4. The van der Waals surface area contributed by atoms with Gasteiger partial charge in [-0.05, 0) is 52.3 Å². The van der Waals surface area contributed by atoms with Crippen molar-refractivity contribution in [2.24, 2.45) is 5.92 Å². The molecule has 3 aromatic rings. The Hall–Kier alpha value is -2.81. The molecule has 1 saturated carbocycles. The summed E-state index contributed by atoms with van der Waals surface area (Å²) in [5.41, 5.74) is 1.90. The van der Waals surface area contributed by atoms with Crippen LogP contribution in [0, 0.1) is 21.8 Å². The Morgan fingerprint density at radius 2 is 2.15 bits per heavy atom. The van der Waals surface area contributed by atoms with E-state index in [1.54, 1.807) is 24.3 Å². The van der Waals surface area contributed by atoms with Crippen molar-refractivity contribution in [3.05, 3.63) is 56.8 Å². The molecule has 0 unspecified atom stereocenters. The molecule has 1 aromatic heterocycles. The molecule has 1 N–H and O–H groups in total. The van der Waals surface area contributed by atoms with E-state index in [1.807, 2.05) is 0 Å². The van der Waals surface area contributed by atoms with E-state index < -0.39 is 22.7 Å². The fourth-order valence-electron chi connectivity index (χ4n) is 2.71. The summed E-state index contributed by atoms with van der Waals surface area (Å²) in [7, 11) is 0. The van der Waals surface area contributed by atoms with Gasteiger partial charge in [-0.25, -0.2) is 9.37 Å². The van der Waals surface area contributed by atoms with Gasteiger partial charge in [0.25, 0.3) is 0 Å². The van der Waals surface area contributed by atoms with Crippen LogP contribution < -0.4 is 5.32 Å². The van der Waals surface area contributed by atoms with Crippen LogP contribution in [0.15, 0.2) is 45.3 Å². The highest BCUT2D eigenvalue weighted by atomic mass is 79.9. The molecule has 0 aliphatic heterocycles. The average molecular weight is 420 g/mol. The topological polar surface area (TPSA) is 98.3 Å². The van der Waals surface area contributed by atoms with Crippen LogP contribution in [0.4, 0.5) is 10.1 Å². The number of rotatable bonds is 4. The number of halogens is 2. The number of nitro groups is 1. The van der Waals surface area contributed by atoms with Crippen LogP contribution in [-0.2, 0) is 4.79 Å². The average Bonchev–Trinajstić information content (AvgIpc) is 3.30. The monoisotopic (exact) mass is 419 g/mol. The molecule has 0 bridgehead atoms. The lowest BCUT2D eigenvalue weighted by Crippen LogP contribution is -2.18. The van der Waals surface area contributed by atoms with Crippen LogP contribution >= 0.6 is 15.9 Å². The second kappa shape index (κ2) is 6.17. The number of nitrogens with one attached hydrogen (secondary N) is 1. The largest absolute Gasteiger partial charge is 0.436 e. The first-order valence-electron chi connectivity index (χ1n) is 7.73. The van der Waals surface area contributed by atoms with Crippen molar-refractivity contribution in [3.8, 4) is 11.5 Å². The van der Waals surface area contributed by atoms with Crippen LogP contribution in [0.3, 0.4) is 0 Å². The Labute approximate surface area is 154 Å². The Morgan fingerprint density at radius 3 is 2.88 bits per heavy atom. The van der Waals surface area contributed by atoms with Gasteiger partial charge >= 0.3 is 0 Å². The van der Waals surface area contributed by atoms with Crippen molar-refractivity contribution in [3.63, 3.8) is 0 Å². The molecule has 132 valence electrons. The lowest BCUT2D eigenvalue weighted by molar-refractivity contribution is -0.497. The van der Waals surface area contributed by atoms with E-state index in [4.69, 9.17) is 4.42 Å². The highest BCUT2D eigenvalue weighted by Gasteiger charge is 2.53. The Balaban J connectivity index is 1.59. The first-order valence-corrected chi connectivity index (χ1v) is 8.52. The summed E-state index contributed by atoms with van der Waals surface area (Å²) in [6, 6.07) is 8.25. The van der Waals surface area contributed by atoms with Crippen LogP contribution in [0.2, 0.25) is 0 Å². The summed E-state index contributed by atoms with van der Waals surface area (Å²) in [5, 5.41) is 13.3. The summed E-state index contributed by atoms with van der Waals surface area (Å²) < 4.78 is 19.8. The minimum atomic E-state index is -0.803. The van der Waals surface area contributed by atoms with Gasteiger partial charge < -0.3 is 9.73 Å². The summed E-state index contributed by atoms with van der Waals surface area (Å²) in [5.74, 6) is -1.16. The summed E-state index contributed by atoms with van der Waals surface area (Å²) in [6.45, 7) is 0. The molecule has 0 saturated heterocycles. The number of fused-ring (bicyclic) bond motifs is 1. The number of aromatic nitrogens is 1. The molecule has 9 heteroatoms. The fourth-order valence-corrected chi connectivity index (χ4v) is 3.13. The number of carbonyl (C=O) groups excluding carboxylic acids is 1. The predicted octanol–water partition coefficient (Wildman–Crippen LogP) is 4.00. The van der Waals surface area contributed by atoms with Gasteiger partial charge in [-0.2, -0.15) is 0 Å². The molecule has 1 fully saturated rings. The highest BCUT2D eigenvalue weighted by Crippen LogP contribution is 2.35. The van der Waals surface area contributed by atoms with E-state index in [1.165, 1.54) is 12.1 Å². The fraction of sp³-hybridized carbons (Fsp3) is 0.176. The number of amides is 1. The predicted molar refractivity (Wildman–Crippen MR) is 94.6 cm³/mol. The van der Waals surface area contributed by atoms with Gasteiger partial charge in [-0.15, -0.1) is 0 Å². The second-order valence-electron chi connectivity index (χ2n) is 6.01. The van der Waals surface area contributed by atoms with Crippen LogP contribution in [0.5, 0.6) is 0 Å². The van der Waals surface area contributed by atoms with Crippen molar-refractivity contribution >= 4 is 38.6 Å². The first kappa shape index (κ1) is 16.6. The zero-order chi connectivity index (χ0) is 18.4. The number of oxazole rings is 1. The van der Waals surface area contributed by atoms with Crippen molar-refractivity contribution in [2.45, 2.75) is 12.5 Å². The lowest BCUT2D eigenvalue weighted by atomic mass is 10.2. The van der Waals surface area contributed by atoms with Crippen molar-refractivity contribution in [2.75, 3.05) is 5.32 Å². The van der Waals surface area contributed by atoms with E-state index in [-0.39, 0.29) is 18.2 Å². The molecule has 1 aliphatic carbocycles. The van der Waals surface area contributed by atoms with Gasteiger partial charge in [0.2, 0.25) is 17.8 Å². The van der Waals surface area contributed by atoms with E-state index in [0.29, 0.717) is 26.8 Å². The van der Waals surface area contributed by atoms with Gasteiger partial charge in [-0.1, -0.05) is 0 Å². The van der Waals surface area contributed by atoms with Crippen LogP contribution in [0.1, 0.15) is 6.42 Å². The van der Waals surface area contributed by atoms with Crippen molar-refractivity contribution < 1.29 is 18.5 Å². The molecular weight excluding hydrogens is 409 g/mol.